The van der Waals surface area contributed by atoms with E-state index in [-0.39, 0.29) is 23.3 Å². The van der Waals surface area contributed by atoms with E-state index in [2.05, 4.69) is 15.6 Å². The molecule has 1 atom stereocenters. The van der Waals surface area contributed by atoms with Crippen molar-refractivity contribution in [3.8, 4) is 0 Å². The molecule has 0 aliphatic rings. The second-order valence-corrected chi connectivity index (χ2v) is 8.37. The largest absolute Gasteiger partial charge is 0.452 e. The average molecular weight is 467 g/mol. The van der Waals surface area contributed by atoms with Crippen LogP contribution in [0.4, 0.5) is 5.69 Å². The van der Waals surface area contributed by atoms with E-state index >= 15 is 0 Å². The first-order valence-corrected chi connectivity index (χ1v) is 11.3. The van der Waals surface area contributed by atoms with Crippen LogP contribution >= 0.6 is 11.8 Å². The molecule has 0 saturated heterocycles. The van der Waals surface area contributed by atoms with Gasteiger partial charge in [0, 0.05) is 19.4 Å². The van der Waals surface area contributed by atoms with Crippen molar-refractivity contribution >= 4 is 35.2 Å². The van der Waals surface area contributed by atoms with Gasteiger partial charge in [0.2, 0.25) is 5.91 Å². The summed E-state index contributed by atoms with van der Waals surface area (Å²) in [5.41, 5.74) is 2.55. The number of esters is 1. The maximum absolute atomic E-state index is 12.6. The number of ether oxygens (including phenoxy) is 1. The Kier molecular flexibility index (Phi) is 8.26. The normalized spacial score (nSPS) is 11.5. The average Bonchev–Trinajstić information content (AvgIpc) is 3.21. The van der Waals surface area contributed by atoms with Crippen molar-refractivity contribution in [2.45, 2.75) is 25.0 Å². The lowest BCUT2D eigenvalue weighted by Crippen LogP contribution is -2.31. The van der Waals surface area contributed by atoms with E-state index in [1.165, 1.54) is 17.8 Å². The van der Waals surface area contributed by atoms with Crippen LogP contribution in [0.25, 0.3) is 0 Å². The van der Waals surface area contributed by atoms with E-state index in [1.807, 2.05) is 49.7 Å². The number of benzene rings is 2. The molecule has 3 rings (SSSR count). The van der Waals surface area contributed by atoms with Crippen molar-refractivity contribution in [3.05, 3.63) is 77.6 Å². The van der Waals surface area contributed by atoms with Gasteiger partial charge in [-0.3, -0.25) is 9.59 Å². The minimum Gasteiger partial charge on any atom is -0.452 e. The molecule has 33 heavy (non-hydrogen) atoms. The number of para-hydroxylation sites is 1. The first-order valence-electron chi connectivity index (χ1n) is 10.4. The van der Waals surface area contributed by atoms with Crippen molar-refractivity contribution in [3.63, 3.8) is 0 Å². The van der Waals surface area contributed by atoms with Crippen molar-refractivity contribution in [1.82, 2.24) is 14.9 Å². The van der Waals surface area contributed by atoms with E-state index in [0.717, 1.165) is 11.1 Å². The van der Waals surface area contributed by atoms with Gasteiger partial charge in [0.25, 0.3) is 5.91 Å². The van der Waals surface area contributed by atoms with Crippen molar-refractivity contribution in [2.24, 2.45) is 7.05 Å². The van der Waals surface area contributed by atoms with E-state index < -0.39 is 18.5 Å². The Balaban J connectivity index is 1.53. The van der Waals surface area contributed by atoms with Crippen LogP contribution in [0, 0.1) is 6.92 Å². The highest BCUT2D eigenvalue weighted by Gasteiger charge is 2.18. The topological polar surface area (TPSA) is 102 Å². The fourth-order valence-corrected chi connectivity index (χ4v) is 3.95. The van der Waals surface area contributed by atoms with E-state index in [9.17, 15) is 14.4 Å². The first-order chi connectivity index (χ1) is 15.8. The zero-order chi connectivity index (χ0) is 23.8. The summed E-state index contributed by atoms with van der Waals surface area (Å²) in [6.07, 6.45) is 3.45. The molecule has 0 fully saturated rings. The molecule has 0 aliphatic carbocycles. The number of carbonyl (C=O) groups is 3. The third kappa shape index (κ3) is 6.69. The number of thioether (sulfide) groups is 1. The maximum atomic E-state index is 12.6. The maximum Gasteiger partial charge on any atom is 0.340 e. The lowest BCUT2D eigenvalue weighted by atomic mass is 10.0. The Labute approximate surface area is 196 Å². The van der Waals surface area contributed by atoms with Gasteiger partial charge in [-0.05, 0) is 37.1 Å². The Morgan fingerprint density at radius 3 is 2.55 bits per heavy atom. The standard InChI is InChI=1S/C24H26N4O4S/c1-16-8-4-5-9-18(16)17(2)26-21(29)14-32-23(31)19-10-6-7-11-20(19)27-22(30)15-33-24-25-12-13-28(24)3/h4-13,17H,14-15H2,1-3H3,(H,26,29)(H,27,30). The summed E-state index contributed by atoms with van der Waals surface area (Å²) in [6.45, 7) is 3.42. The zero-order valence-electron chi connectivity index (χ0n) is 18.7. The summed E-state index contributed by atoms with van der Waals surface area (Å²) in [6, 6.07) is 14.0. The molecule has 0 spiro atoms. The van der Waals surface area contributed by atoms with Crippen molar-refractivity contribution < 1.29 is 19.1 Å². The molecule has 3 aromatic rings. The number of aromatic nitrogens is 2. The van der Waals surface area contributed by atoms with Gasteiger partial charge in [0.1, 0.15) is 0 Å². The zero-order valence-corrected chi connectivity index (χ0v) is 19.5. The highest BCUT2D eigenvalue weighted by Crippen LogP contribution is 2.19. The number of rotatable bonds is 9. The second-order valence-electron chi connectivity index (χ2n) is 7.43. The molecule has 8 nitrogen and oxygen atoms in total. The molecular weight excluding hydrogens is 440 g/mol. The molecule has 0 aliphatic heterocycles. The van der Waals surface area contributed by atoms with Crippen LogP contribution in [0.5, 0.6) is 0 Å². The van der Waals surface area contributed by atoms with E-state index in [1.54, 1.807) is 30.6 Å². The second kappa shape index (κ2) is 11.3. The third-order valence-corrected chi connectivity index (χ3v) is 5.96. The number of nitrogens with one attached hydrogen (secondary N) is 2. The molecule has 9 heteroatoms. The number of imidazole rings is 1. The Hall–Kier alpha value is -3.59. The highest BCUT2D eigenvalue weighted by molar-refractivity contribution is 7.99. The SMILES string of the molecule is Cc1ccccc1C(C)NC(=O)COC(=O)c1ccccc1NC(=O)CSc1nccn1C. The van der Waals surface area contributed by atoms with Crippen LogP contribution < -0.4 is 10.6 Å². The van der Waals surface area contributed by atoms with E-state index in [0.29, 0.717) is 10.8 Å². The minimum atomic E-state index is -0.693. The van der Waals surface area contributed by atoms with Crippen LogP contribution in [0.1, 0.15) is 34.5 Å². The highest BCUT2D eigenvalue weighted by atomic mass is 32.2. The van der Waals surface area contributed by atoms with Gasteiger partial charge in [-0.15, -0.1) is 0 Å². The fraction of sp³-hybridized carbons (Fsp3) is 0.250. The molecule has 0 saturated carbocycles. The van der Waals surface area contributed by atoms with Gasteiger partial charge in [0.05, 0.1) is 23.0 Å². The predicted octanol–water partition coefficient (Wildman–Crippen LogP) is 3.49. The van der Waals surface area contributed by atoms with Gasteiger partial charge in [0.15, 0.2) is 11.8 Å². The number of anilines is 1. The van der Waals surface area contributed by atoms with Crippen LogP contribution in [-0.4, -0.2) is 39.7 Å². The molecule has 0 radical (unpaired) electrons. The minimum absolute atomic E-state index is 0.132. The molecule has 1 aromatic heterocycles. The molecular formula is C24H26N4O4S. The molecule has 2 N–H and O–H groups in total. The molecule has 1 heterocycles. The molecule has 172 valence electrons. The summed E-state index contributed by atoms with van der Waals surface area (Å²) < 4.78 is 7.01. The third-order valence-electron chi connectivity index (χ3n) is 4.90. The number of hydrogen-bond acceptors (Lipinski definition) is 6. The molecule has 2 aromatic carbocycles. The Morgan fingerprint density at radius 2 is 1.82 bits per heavy atom. The smallest absolute Gasteiger partial charge is 0.340 e. The van der Waals surface area contributed by atoms with Gasteiger partial charge >= 0.3 is 5.97 Å². The van der Waals surface area contributed by atoms with Crippen LogP contribution in [0.15, 0.2) is 66.1 Å². The fourth-order valence-electron chi connectivity index (χ4n) is 3.22. The van der Waals surface area contributed by atoms with Gasteiger partial charge in [-0.2, -0.15) is 0 Å². The van der Waals surface area contributed by atoms with Crippen LogP contribution in [0.2, 0.25) is 0 Å². The quantitative estimate of drug-likeness (QED) is 0.370. The summed E-state index contributed by atoms with van der Waals surface area (Å²) in [4.78, 5) is 41.4. The monoisotopic (exact) mass is 466 g/mol. The van der Waals surface area contributed by atoms with Gasteiger partial charge in [-0.25, -0.2) is 9.78 Å². The molecule has 1 unspecified atom stereocenters. The van der Waals surface area contributed by atoms with Crippen molar-refractivity contribution in [1.29, 1.82) is 0 Å². The Bertz CT molecular complexity index is 1140. The number of aryl methyl sites for hydroxylation is 2. The summed E-state index contributed by atoms with van der Waals surface area (Å²) >= 11 is 1.28. The lowest BCUT2D eigenvalue weighted by molar-refractivity contribution is -0.124. The van der Waals surface area contributed by atoms with Crippen LogP contribution in [-0.2, 0) is 21.4 Å². The predicted molar refractivity (Wildman–Crippen MR) is 127 cm³/mol. The number of hydrogen-bond donors (Lipinski definition) is 2. The summed E-state index contributed by atoms with van der Waals surface area (Å²) in [7, 11) is 1.84. The van der Waals surface area contributed by atoms with Gasteiger partial charge in [-0.1, -0.05) is 48.2 Å². The Morgan fingerprint density at radius 1 is 1.09 bits per heavy atom. The van der Waals surface area contributed by atoms with Crippen LogP contribution in [0.3, 0.4) is 0 Å². The van der Waals surface area contributed by atoms with E-state index in [4.69, 9.17) is 4.74 Å². The van der Waals surface area contributed by atoms with Gasteiger partial charge < -0.3 is 19.9 Å². The number of amides is 2. The summed E-state index contributed by atoms with van der Waals surface area (Å²) in [5.74, 6) is -1.26. The summed E-state index contributed by atoms with van der Waals surface area (Å²) in [5, 5.41) is 6.26. The first kappa shape index (κ1) is 24.1. The lowest BCUT2D eigenvalue weighted by Gasteiger charge is -2.16. The number of nitrogens with zero attached hydrogens (tertiary/aromatic N) is 2. The molecule has 0 bridgehead atoms. The molecule has 2 amide bonds. The van der Waals surface area contributed by atoms with Crippen molar-refractivity contribution in [2.75, 3.05) is 17.7 Å². The number of carbonyl (C=O) groups excluding carboxylic acids is 3.